The van der Waals surface area contributed by atoms with E-state index in [9.17, 15) is 5.11 Å². The summed E-state index contributed by atoms with van der Waals surface area (Å²) in [5.74, 6) is 0. The number of nitrogens with zero attached hydrogens (tertiary/aromatic N) is 2. The molecule has 1 heterocycles. The molecule has 1 atom stereocenters. The Morgan fingerprint density at radius 3 is 2.56 bits per heavy atom. The highest BCUT2D eigenvalue weighted by atomic mass is 16.5. The smallest absolute Gasteiger partial charge is 0.0900 e. The molecule has 0 radical (unpaired) electrons. The van der Waals surface area contributed by atoms with Crippen LogP contribution in [0.4, 0.5) is 0 Å². The van der Waals surface area contributed by atoms with Crippen molar-refractivity contribution >= 4 is 0 Å². The molecule has 0 aromatic rings. The van der Waals surface area contributed by atoms with Crippen LogP contribution in [0.2, 0.25) is 0 Å². The first kappa shape index (κ1) is 13.9. The van der Waals surface area contributed by atoms with Gasteiger partial charge in [0.25, 0.3) is 0 Å². The lowest BCUT2D eigenvalue weighted by Gasteiger charge is -2.33. The molecule has 1 aliphatic rings. The summed E-state index contributed by atoms with van der Waals surface area (Å²) in [6, 6.07) is 0. The molecular weight excluding hydrogens is 204 g/mol. The third kappa shape index (κ3) is 5.80. The van der Waals surface area contributed by atoms with Gasteiger partial charge in [-0.15, -0.1) is 0 Å². The SMILES string of the molecule is CCCCOC[C@H](O)CN1CCN(C)CC1. The summed E-state index contributed by atoms with van der Waals surface area (Å²) in [6.45, 7) is 8.46. The van der Waals surface area contributed by atoms with Crippen LogP contribution in [-0.4, -0.2) is 74.0 Å². The molecule has 0 amide bonds. The van der Waals surface area contributed by atoms with Crippen LogP contribution < -0.4 is 0 Å². The van der Waals surface area contributed by atoms with Crippen molar-refractivity contribution in [2.45, 2.75) is 25.9 Å². The molecule has 0 spiro atoms. The third-order valence-corrected chi connectivity index (χ3v) is 3.02. The Balaban J connectivity index is 2.02. The average molecular weight is 230 g/mol. The monoisotopic (exact) mass is 230 g/mol. The molecular formula is C12H26N2O2. The summed E-state index contributed by atoms with van der Waals surface area (Å²) in [5.41, 5.74) is 0. The van der Waals surface area contributed by atoms with E-state index >= 15 is 0 Å². The van der Waals surface area contributed by atoms with Crippen LogP contribution in [0.15, 0.2) is 0 Å². The van der Waals surface area contributed by atoms with Crippen LogP contribution >= 0.6 is 0 Å². The highest BCUT2D eigenvalue weighted by molar-refractivity contribution is 4.71. The number of aliphatic hydroxyl groups is 1. The van der Waals surface area contributed by atoms with Gasteiger partial charge in [0, 0.05) is 39.3 Å². The second kappa shape index (κ2) is 8.01. The van der Waals surface area contributed by atoms with Crippen molar-refractivity contribution in [2.75, 3.05) is 53.0 Å². The van der Waals surface area contributed by atoms with Crippen LogP contribution in [-0.2, 0) is 4.74 Å². The zero-order valence-electron chi connectivity index (χ0n) is 10.7. The summed E-state index contributed by atoms with van der Waals surface area (Å²) < 4.78 is 5.41. The number of rotatable bonds is 7. The number of ether oxygens (including phenoxy) is 1. The molecule has 0 unspecified atom stereocenters. The molecule has 0 bridgehead atoms. The maximum Gasteiger partial charge on any atom is 0.0900 e. The van der Waals surface area contributed by atoms with E-state index < -0.39 is 0 Å². The molecule has 4 heteroatoms. The second-order valence-corrected chi connectivity index (χ2v) is 4.69. The quantitative estimate of drug-likeness (QED) is 0.643. The van der Waals surface area contributed by atoms with Crippen molar-refractivity contribution in [3.63, 3.8) is 0 Å². The van der Waals surface area contributed by atoms with E-state index in [1.807, 2.05) is 0 Å². The van der Waals surface area contributed by atoms with Gasteiger partial charge in [-0.3, -0.25) is 4.90 Å². The number of unbranched alkanes of at least 4 members (excludes halogenated alkanes) is 1. The number of likely N-dealkylation sites (N-methyl/N-ethyl adjacent to an activating group) is 1. The van der Waals surface area contributed by atoms with Crippen molar-refractivity contribution in [3.05, 3.63) is 0 Å². The number of hydrogen-bond acceptors (Lipinski definition) is 4. The van der Waals surface area contributed by atoms with E-state index in [-0.39, 0.29) is 6.10 Å². The standard InChI is InChI=1S/C12H26N2O2/c1-3-4-9-16-11-12(15)10-14-7-5-13(2)6-8-14/h12,15H,3-11H2,1-2H3/t12-/m1/s1. The molecule has 0 aromatic heterocycles. The van der Waals surface area contributed by atoms with Crippen molar-refractivity contribution in [1.29, 1.82) is 0 Å². The minimum Gasteiger partial charge on any atom is -0.389 e. The lowest BCUT2D eigenvalue weighted by atomic mass is 10.3. The Morgan fingerprint density at radius 2 is 1.94 bits per heavy atom. The van der Waals surface area contributed by atoms with Gasteiger partial charge in [0.2, 0.25) is 0 Å². The highest BCUT2D eigenvalue weighted by Gasteiger charge is 2.16. The van der Waals surface area contributed by atoms with E-state index in [0.29, 0.717) is 6.61 Å². The average Bonchev–Trinajstić information content (AvgIpc) is 2.28. The Bertz CT molecular complexity index is 170. The first-order valence-electron chi connectivity index (χ1n) is 6.39. The van der Waals surface area contributed by atoms with E-state index in [4.69, 9.17) is 4.74 Å². The van der Waals surface area contributed by atoms with E-state index in [0.717, 1.165) is 52.2 Å². The van der Waals surface area contributed by atoms with E-state index in [2.05, 4.69) is 23.8 Å². The van der Waals surface area contributed by atoms with Gasteiger partial charge in [-0.05, 0) is 13.5 Å². The molecule has 16 heavy (non-hydrogen) atoms. The lowest BCUT2D eigenvalue weighted by Crippen LogP contribution is -2.47. The minimum absolute atomic E-state index is 0.333. The minimum atomic E-state index is -0.333. The normalized spacial score (nSPS) is 21.2. The van der Waals surface area contributed by atoms with Gasteiger partial charge >= 0.3 is 0 Å². The predicted molar refractivity (Wildman–Crippen MR) is 65.7 cm³/mol. The van der Waals surface area contributed by atoms with Crippen LogP contribution in [0.25, 0.3) is 0 Å². The zero-order valence-corrected chi connectivity index (χ0v) is 10.7. The molecule has 96 valence electrons. The van der Waals surface area contributed by atoms with E-state index in [1.54, 1.807) is 0 Å². The molecule has 1 fully saturated rings. The fourth-order valence-electron chi connectivity index (χ4n) is 1.85. The van der Waals surface area contributed by atoms with Crippen LogP contribution in [0.1, 0.15) is 19.8 Å². The molecule has 0 aromatic carbocycles. The van der Waals surface area contributed by atoms with Gasteiger partial charge in [-0.2, -0.15) is 0 Å². The molecule has 1 aliphatic heterocycles. The van der Waals surface area contributed by atoms with Gasteiger partial charge in [-0.25, -0.2) is 0 Å². The van der Waals surface area contributed by atoms with Crippen molar-refractivity contribution in [2.24, 2.45) is 0 Å². The van der Waals surface area contributed by atoms with Crippen molar-refractivity contribution < 1.29 is 9.84 Å². The highest BCUT2D eigenvalue weighted by Crippen LogP contribution is 2.01. The van der Waals surface area contributed by atoms with Crippen LogP contribution in [0, 0.1) is 0 Å². The number of aliphatic hydroxyl groups excluding tert-OH is 1. The lowest BCUT2D eigenvalue weighted by molar-refractivity contribution is 0.00821. The Hall–Kier alpha value is -0.160. The fraction of sp³-hybridized carbons (Fsp3) is 1.00. The summed E-state index contributed by atoms with van der Waals surface area (Å²) in [5, 5.41) is 9.79. The summed E-state index contributed by atoms with van der Waals surface area (Å²) in [7, 11) is 2.14. The topological polar surface area (TPSA) is 35.9 Å². The van der Waals surface area contributed by atoms with Gasteiger partial charge in [0.1, 0.15) is 0 Å². The first-order chi connectivity index (χ1) is 7.72. The summed E-state index contributed by atoms with van der Waals surface area (Å²) >= 11 is 0. The summed E-state index contributed by atoms with van der Waals surface area (Å²) in [6.07, 6.45) is 1.90. The van der Waals surface area contributed by atoms with Gasteiger partial charge in [-0.1, -0.05) is 13.3 Å². The molecule has 1 N–H and O–H groups in total. The number of piperazine rings is 1. The second-order valence-electron chi connectivity index (χ2n) is 4.69. The summed E-state index contributed by atoms with van der Waals surface area (Å²) in [4.78, 5) is 4.63. The van der Waals surface area contributed by atoms with Gasteiger partial charge in [0.15, 0.2) is 0 Å². The van der Waals surface area contributed by atoms with Crippen LogP contribution in [0.3, 0.4) is 0 Å². The van der Waals surface area contributed by atoms with Gasteiger partial charge in [0.05, 0.1) is 12.7 Å². The Morgan fingerprint density at radius 1 is 1.25 bits per heavy atom. The number of β-amino-alcohol motifs (C(OH)–C–C–N with tert-alkyl or cyclic N) is 1. The zero-order chi connectivity index (χ0) is 11.8. The van der Waals surface area contributed by atoms with Crippen LogP contribution in [0.5, 0.6) is 0 Å². The molecule has 1 rings (SSSR count). The van der Waals surface area contributed by atoms with Gasteiger partial charge < -0.3 is 14.7 Å². The van der Waals surface area contributed by atoms with E-state index in [1.165, 1.54) is 0 Å². The predicted octanol–water partition coefficient (Wildman–Crippen LogP) is 0.411. The Labute approximate surface area is 99.2 Å². The maximum absolute atomic E-state index is 9.79. The Kier molecular flexibility index (Phi) is 6.96. The first-order valence-corrected chi connectivity index (χ1v) is 6.39. The van der Waals surface area contributed by atoms with Crippen molar-refractivity contribution in [1.82, 2.24) is 9.80 Å². The number of hydrogen-bond donors (Lipinski definition) is 1. The van der Waals surface area contributed by atoms with Crippen molar-refractivity contribution in [3.8, 4) is 0 Å². The molecule has 0 aliphatic carbocycles. The third-order valence-electron chi connectivity index (χ3n) is 3.02. The maximum atomic E-state index is 9.79. The molecule has 1 saturated heterocycles. The molecule has 4 nitrogen and oxygen atoms in total. The molecule has 0 saturated carbocycles. The fourth-order valence-corrected chi connectivity index (χ4v) is 1.85. The largest absolute Gasteiger partial charge is 0.389 e.